The molecule has 31 heavy (non-hydrogen) atoms. The largest absolute Gasteiger partial charge is 0.489 e. The molecule has 2 aromatic carbocycles. The van der Waals surface area contributed by atoms with Crippen LogP contribution in [0.1, 0.15) is 25.1 Å². The normalized spacial score (nSPS) is 17.4. The lowest BCUT2D eigenvalue weighted by molar-refractivity contribution is 0.0504. The van der Waals surface area contributed by atoms with E-state index in [1.165, 1.54) is 5.56 Å². The summed E-state index contributed by atoms with van der Waals surface area (Å²) in [5.74, 6) is 0.782. The smallest absolute Gasteiger partial charge is 0.297 e. The van der Waals surface area contributed by atoms with E-state index in [0.717, 1.165) is 41.4 Å². The standard InChI is InChI=1S/C24H25N5O2/c1-4-18-5-7-19(8-6-18)22-14-29(27-26-22)20-9-11-21(12-10-20)30-16-24(3)15-28-13-17(2)25-23(28)31-24/h5-14H,4,15-16H2,1-3H3. The van der Waals surface area contributed by atoms with E-state index in [1.807, 2.05) is 55.1 Å². The summed E-state index contributed by atoms with van der Waals surface area (Å²) in [4.78, 5) is 4.39. The first-order valence-corrected chi connectivity index (χ1v) is 10.5. The Morgan fingerprint density at radius 1 is 1.06 bits per heavy atom. The number of nitrogens with zero attached hydrogens (tertiary/aromatic N) is 5. The van der Waals surface area contributed by atoms with Gasteiger partial charge in [0.2, 0.25) is 0 Å². The fourth-order valence-corrected chi connectivity index (χ4v) is 3.77. The molecule has 0 fully saturated rings. The molecule has 0 aliphatic carbocycles. The SMILES string of the molecule is CCc1ccc(-c2cn(-c3ccc(OCC4(C)Cn5cc(C)nc5O4)cc3)nn2)cc1. The van der Waals surface area contributed by atoms with E-state index in [2.05, 4.69) is 46.5 Å². The van der Waals surface area contributed by atoms with E-state index in [0.29, 0.717) is 12.6 Å². The molecule has 5 rings (SSSR count). The van der Waals surface area contributed by atoms with Crippen LogP contribution in [-0.4, -0.2) is 36.8 Å². The highest BCUT2D eigenvalue weighted by Gasteiger charge is 2.37. The molecule has 3 heterocycles. The molecule has 7 heteroatoms. The Hall–Kier alpha value is -3.61. The summed E-state index contributed by atoms with van der Waals surface area (Å²) in [7, 11) is 0. The van der Waals surface area contributed by atoms with Gasteiger partial charge in [-0.1, -0.05) is 36.4 Å². The van der Waals surface area contributed by atoms with Crippen LogP contribution in [0.4, 0.5) is 0 Å². The van der Waals surface area contributed by atoms with Gasteiger partial charge in [0.15, 0.2) is 5.60 Å². The number of imidazole rings is 1. The predicted octanol–water partition coefficient (Wildman–Crippen LogP) is 4.23. The van der Waals surface area contributed by atoms with Crippen LogP contribution in [0, 0.1) is 6.92 Å². The summed E-state index contributed by atoms with van der Waals surface area (Å²) in [5.41, 5.74) is 4.68. The van der Waals surface area contributed by atoms with Crippen LogP contribution >= 0.6 is 0 Å². The minimum absolute atomic E-state index is 0.428. The van der Waals surface area contributed by atoms with E-state index in [1.54, 1.807) is 4.68 Å². The van der Waals surface area contributed by atoms with Crippen molar-refractivity contribution in [3.05, 3.63) is 72.2 Å². The summed E-state index contributed by atoms with van der Waals surface area (Å²) >= 11 is 0. The zero-order valence-corrected chi connectivity index (χ0v) is 17.9. The highest BCUT2D eigenvalue weighted by molar-refractivity contribution is 5.58. The highest BCUT2D eigenvalue weighted by atomic mass is 16.6. The number of aryl methyl sites for hydroxylation is 2. The van der Waals surface area contributed by atoms with Crippen LogP contribution < -0.4 is 9.47 Å². The number of hydrogen-bond donors (Lipinski definition) is 0. The average Bonchev–Trinajstić information content (AvgIpc) is 3.46. The van der Waals surface area contributed by atoms with Crippen LogP contribution in [0.5, 0.6) is 11.8 Å². The molecule has 0 amide bonds. The fraction of sp³-hybridized carbons (Fsp3) is 0.292. The van der Waals surface area contributed by atoms with Crippen LogP contribution in [0.3, 0.4) is 0 Å². The Kier molecular flexibility index (Phi) is 4.73. The van der Waals surface area contributed by atoms with Gasteiger partial charge in [0, 0.05) is 11.8 Å². The predicted molar refractivity (Wildman–Crippen MR) is 118 cm³/mol. The second-order valence-corrected chi connectivity index (χ2v) is 8.23. The van der Waals surface area contributed by atoms with Crippen LogP contribution in [0.2, 0.25) is 0 Å². The molecule has 0 saturated heterocycles. The highest BCUT2D eigenvalue weighted by Crippen LogP contribution is 2.29. The van der Waals surface area contributed by atoms with Gasteiger partial charge >= 0.3 is 0 Å². The summed E-state index contributed by atoms with van der Waals surface area (Å²) in [6, 6.07) is 16.9. The van der Waals surface area contributed by atoms with Gasteiger partial charge in [-0.15, -0.1) is 5.10 Å². The number of rotatable bonds is 6. The maximum atomic E-state index is 6.00. The molecule has 0 spiro atoms. The van der Waals surface area contributed by atoms with E-state index >= 15 is 0 Å². The van der Waals surface area contributed by atoms with Crippen molar-refractivity contribution in [2.45, 2.75) is 39.3 Å². The van der Waals surface area contributed by atoms with Crippen molar-refractivity contribution < 1.29 is 9.47 Å². The van der Waals surface area contributed by atoms with E-state index in [9.17, 15) is 0 Å². The third-order valence-corrected chi connectivity index (χ3v) is 5.50. The van der Waals surface area contributed by atoms with Gasteiger partial charge in [-0.3, -0.25) is 4.57 Å². The topological polar surface area (TPSA) is 67.0 Å². The molecule has 1 aliphatic rings. The minimum Gasteiger partial charge on any atom is -0.489 e. The molecule has 1 aliphatic heterocycles. The summed E-state index contributed by atoms with van der Waals surface area (Å²) in [5, 5.41) is 8.59. The lowest BCUT2D eigenvalue weighted by atomic mass is 10.1. The Balaban J connectivity index is 1.23. The molecule has 1 atom stereocenters. The lowest BCUT2D eigenvalue weighted by Gasteiger charge is -2.22. The molecule has 158 valence electrons. The van der Waals surface area contributed by atoms with Crippen LogP contribution in [-0.2, 0) is 13.0 Å². The van der Waals surface area contributed by atoms with Gasteiger partial charge in [0.05, 0.1) is 24.1 Å². The quantitative estimate of drug-likeness (QED) is 0.471. The van der Waals surface area contributed by atoms with Crippen molar-refractivity contribution in [3.63, 3.8) is 0 Å². The molecule has 1 unspecified atom stereocenters. The number of ether oxygens (including phenoxy) is 2. The van der Waals surface area contributed by atoms with Crippen molar-refractivity contribution in [3.8, 4) is 28.7 Å². The van der Waals surface area contributed by atoms with Gasteiger partial charge in [-0.05, 0) is 50.1 Å². The third-order valence-electron chi connectivity index (χ3n) is 5.50. The lowest BCUT2D eigenvalue weighted by Crippen LogP contribution is -2.38. The van der Waals surface area contributed by atoms with Crippen LogP contribution in [0.15, 0.2) is 60.9 Å². The first-order valence-electron chi connectivity index (χ1n) is 10.5. The van der Waals surface area contributed by atoms with Gasteiger partial charge in [-0.2, -0.15) is 0 Å². The average molecular weight is 415 g/mol. The van der Waals surface area contributed by atoms with Crippen LogP contribution in [0.25, 0.3) is 16.9 Å². The maximum absolute atomic E-state index is 6.00. The van der Waals surface area contributed by atoms with Gasteiger partial charge in [-0.25, -0.2) is 9.67 Å². The maximum Gasteiger partial charge on any atom is 0.297 e. The summed E-state index contributed by atoms with van der Waals surface area (Å²) in [6.45, 7) is 7.31. The Morgan fingerprint density at radius 3 is 2.55 bits per heavy atom. The second-order valence-electron chi connectivity index (χ2n) is 8.23. The van der Waals surface area contributed by atoms with Crippen molar-refractivity contribution in [2.24, 2.45) is 0 Å². The van der Waals surface area contributed by atoms with Crippen molar-refractivity contribution in [2.75, 3.05) is 6.61 Å². The fourth-order valence-electron chi connectivity index (χ4n) is 3.77. The van der Waals surface area contributed by atoms with Gasteiger partial charge < -0.3 is 9.47 Å². The minimum atomic E-state index is -0.428. The number of hydrogen-bond acceptors (Lipinski definition) is 5. The van der Waals surface area contributed by atoms with E-state index in [-0.39, 0.29) is 0 Å². The summed E-state index contributed by atoms with van der Waals surface area (Å²) in [6.07, 6.45) is 4.96. The molecule has 4 aromatic rings. The Morgan fingerprint density at radius 2 is 1.84 bits per heavy atom. The van der Waals surface area contributed by atoms with Crippen molar-refractivity contribution >= 4 is 0 Å². The van der Waals surface area contributed by atoms with E-state index in [4.69, 9.17) is 9.47 Å². The molecule has 7 nitrogen and oxygen atoms in total. The zero-order valence-electron chi connectivity index (χ0n) is 17.9. The van der Waals surface area contributed by atoms with Crippen molar-refractivity contribution in [1.29, 1.82) is 0 Å². The molecule has 0 radical (unpaired) electrons. The molecule has 2 aromatic heterocycles. The zero-order chi connectivity index (χ0) is 21.4. The first kappa shape index (κ1) is 19.4. The second kappa shape index (κ2) is 7.58. The van der Waals surface area contributed by atoms with Crippen molar-refractivity contribution in [1.82, 2.24) is 24.5 Å². The Labute approximate surface area is 181 Å². The van der Waals surface area contributed by atoms with Gasteiger partial charge in [0.1, 0.15) is 18.1 Å². The molecular formula is C24H25N5O2. The molecule has 0 N–H and O–H groups in total. The first-order chi connectivity index (χ1) is 15.0. The summed E-state index contributed by atoms with van der Waals surface area (Å²) < 4.78 is 15.8. The number of benzene rings is 2. The molecule has 0 bridgehead atoms. The molecular weight excluding hydrogens is 390 g/mol. The Bertz CT molecular complexity index is 1170. The number of fused-ring (bicyclic) bond motifs is 1. The monoisotopic (exact) mass is 415 g/mol. The van der Waals surface area contributed by atoms with Gasteiger partial charge in [0.25, 0.3) is 6.01 Å². The number of aromatic nitrogens is 5. The third kappa shape index (κ3) is 3.91. The molecule has 0 saturated carbocycles. The van der Waals surface area contributed by atoms with E-state index < -0.39 is 5.60 Å².